The summed E-state index contributed by atoms with van der Waals surface area (Å²) < 4.78 is 2.94. The summed E-state index contributed by atoms with van der Waals surface area (Å²) in [5.74, 6) is -1.44. The van der Waals surface area contributed by atoms with E-state index in [-0.39, 0.29) is 5.56 Å². The Bertz CT molecular complexity index is 1070. The third kappa shape index (κ3) is 4.28. The highest BCUT2D eigenvalue weighted by atomic mass is 35.5. The Morgan fingerprint density at radius 2 is 1.90 bits per heavy atom. The molecule has 0 bridgehead atoms. The van der Waals surface area contributed by atoms with E-state index >= 15 is 0 Å². The maximum atomic E-state index is 12.6. The Labute approximate surface area is 177 Å². The van der Waals surface area contributed by atoms with Crippen LogP contribution >= 0.6 is 23.2 Å². The Kier molecular flexibility index (Phi) is 5.95. The van der Waals surface area contributed by atoms with Crippen molar-refractivity contribution in [3.63, 3.8) is 0 Å². The number of carbonyl (C=O) groups is 2. The van der Waals surface area contributed by atoms with Gasteiger partial charge in [0.2, 0.25) is 0 Å². The second-order valence-corrected chi connectivity index (χ2v) is 7.40. The van der Waals surface area contributed by atoms with Crippen molar-refractivity contribution in [1.82, 2.24) is 19.6 Å². The molecule has 0 spiro atoms. The summed E-state index contributed by atoms with van der Waals surface area (Å²) in [5.41, 5.74) is 2.92. The molecule has 0 aliphatic heterocycles. The molecule has 3 aromatic rings. The number of carbonyl (C=O) groups excluding carboxylic acids is 1. The molecule has 0 aliphatic rings. The molecule has 1 amide bonds. The fraction of sp³-hybridized carbons (Fsp3) is 0.263. The lowest BCUT2D eigenvalue weighted by molar-refractivity contribution is -0.140. The van der Waals surface area contributed by atoms with Crippen molar-refractivity contribution < 1.29 is 14.7 Å². The number of carboxylic acid groups (broad SMARTS) is 1. The van der Waals surface area contributed by atoms with E-state index in [4.69, 9.17) is 28.3 Å². The maximum absolute atomic E-state index is 12.6. The molecule has 2 heterocycles. The van der Waals surface area contributed by atoms with Crippen LogP contribution in [0.2, 0.25) is 10.0 Å². The number of hydrogen-bond donors (Lipinski definition) is 2. The number of amides is 1. The molecular formula is C19H19Cl2N5O3. The van der Waals surface area contributed by atoms with E-state index in [0.29, 0.717) is 28.0 Å². The van der Waals surface area contributed by atoms with Gasteiger partial charge in [-0.2, -0.15) is 10.2 Å². The zero-order chi connectivity index (χ0) is 21.3. The topological polar surface area (TPSA) is 102 Å². The highest BCUT2D eigenvalue weighted by Gasteiger charge is 2.20. The lowest BCUT2D eigenvalue weighted by Gasteiger charge is -2.09. The van der Waals surface area contributed by atoms with Crippen LogP contribution in [0.4, 0.5) is 5.69 Å². The summed E-state index contributed by atoms with van der Waals surface area (Å²) in [6, 6.07) is 4.41. The minimum Gasteiger partial charge on any atom is -0.480 e. The number of nitrogens with one attached hydrogen (secondary N) is 1. The molecule has 0 fully saturated rings. The number of nitrogens with zero attached hydrogens (tertiary/aromatic N) is 4. The van der Waals surface area contributed by atoms with E-state index in [1.807, 2.05) is 6.92 Å². The zero-order valence-electron chi connectivity index (χ0n) is 16.0. The Hall–Kier alpha value is -2.84. The number of anilines is 1. The lowest BCUT2D eigenvalue weighted by atomic mass is 10.2. The first-order chi connectivity index (χ1) is 13.7. The van der Waals surface area contributed by atoms with Crippen LogP contribution in [0.25, 0.3) is 0 Å². The summed E-state index contributed by atoms with van der Waals surface area (Å²) in [6.45, 7) is 5.45. The summed E-state index contributed by atoms with van der Waals surface area (Å²) in [7, 11) is 0. The van der Waals surface area contributed by atoms with Crippen molar-refractivity contribution in [1.29, 1.82) is 0 Å². The van der Waals surface area contributed by atoms with Crippen LogP contribution in [0.5, 0.6) is 0 Å². The quantitative estimate of drug-likeness (QED) is 0.609. The average molecular weight is 436 g/mol. The van der Waals surface area contributed by atoms with E-state index in [2.05, 4.69) is 15.5 Å². The number of aliphatic carboxylic acids is 1. The molecule has 152 valence electrons. The fourth-order valence-electron chi connectivity index (χ4n) is 2.83. The normalized spacial score (nSPS) is 12.0. The van der Waals surface area contributed by atoms with Gasteiger partial charge in [0.05, 0.1) is 35.4 Å². The van der Waals surface area contributed by atoms with Gasteiger partial charge in [0.25, 0.3) is 5.91 Å². The molecule has 1 unspecified atom stereocenters. The van der Waals surface area contributed by atoms with Gasteiger partial charge < -0.3 is 10.4 Å². The van der Waals surface area contributed by atoms with Gasteiger partial charge in [0.15, 0.2) is 0 Å². The van der Waals surface area contributed by atoms with E-state index in [0.717, 1.165) is 11.3 Å². The van der Waals surface area contributed by atoms with Gasteiger partial charge in [-0.15, -0.1) is 0 Å². The minimum absolute atomic E-state index is 0.249. The van der Waals surface area contributed by atoms with Gasteiger partial charge in [0, 0.05) is 21.8 Å². The van der Waals surface area contributed by atoms with Gasteiger partial charge in [-0.25, -0.2) is 4.79 Å². The monoisotopic (exact) mass is 435 g/mol. The van der Waals surface area contributed by atoms with Crippen LogP contribution in [-0.2, 0) is 11.3 Å². The maximum Gasteiger partial charge on any atom is 0.328 e. The number of aromatic nitrogens is 4. The van der Waals surface area contributed by atoms with Gasteiger partial charge in [-0.05, 0) is 32.9 Å². The van der Waals surface area contributed by atoms with Gasteiger partial charge in [0.1, 0.15) is 6.04 Å². The lowest BCUT2D eigenvalue weighted by Crippen LogP contribution is -2.16. The van der Waals surface area contributed by atoms with Crippen molar-refractivity contribution in [2.75, 3.05) is 5.32 Å². The van der Waals surface area contributed by atoms with Gasteiger partial charge in [-0.3, -0.25) is 14.2 Å². The van der Waals surface area contributed by atoms with E-state index in [1.165, 1.54) is 24.0 Å². The third-order valence-corrected chi connectivity index (χ3v) is 5.32. The van der Waals surface area contributed by atoms with Crippen LogP contribution in [0.1, 0.15) is 40.3 Å². The standard InChI is InChI=1S/C19H19Cl2N5O3/c1-10-17(23-18(27)13-7-22-25(8-13)12(3)19(28)29)11(2)26(24-10)9-14-15(20)5-4-6-16(14)21/h4-8,12H,9H2,1-3H3,(H,23,27)(H,28,29). The first-order valence-electron chi connectivity index (χ1n) is 8.74. The molecule has 2 aromatic heterocycles. The summed E-state index contributed by atoms with van der Waals surface area (Å²) in [6.07, 6.45) is 2.72. The molecule has 0 saturated heterocycles. The number of halogens is 2. The van der Waals surface area contributed by atoms with Crippen LogP contribution in [0.15, 0.2) is 30.6 Å². The van der Waals surface area contributed by atoms with Gasteiger partial charge in [-0.1, -0.05) is 29.3 Å². The summed E-state index contributed by atoms with van der Waals surface area (Å²) in [4.78, 5) is 23.7. The number of carboxylic acids is 1. The highest BCUT2D eigenvalue weighted by Crippen LogP contribution is 2.27. The molecule has 10 heteroatoms. The molecule has 8 nitrogen and oxygen atoms in total. The van der Waals surface area contributed by atoms with Crippen molar-refractivity contribution in [3.8, 4) is 0 Å². The SMILES string of the molecule is Cc1nn(Cc2c(Cl)cccc2Cl)c(C)c1NC(=O)c1cnn(C(C)C(=O)O)c1. The first-order valence-corrected chi connectivity index (χ1v) is 9.49. The summed E-state index contributed by atoms with van der Waals surface area (Å²) >= 11 is 12.5. The van der Waals surface area contributed by atoms with E-state index < -0.39 is 17.9 Å². The molecular weight excluding hydrogens is 417 g/mol. The summed E-state index contributed by atoms with van der Waals surface area (Å²) in [5, 5.41) is 21.4. The molecule has 3 rings (SSSR count). The van der Waals surface area contributed by atoms with E-state index in [9.17, 15) is 9.59 Å². The highest BCUT2D eigenvalue weighted by molar-refractivity contribution is 6.36. The smallest absolute Gasteiger partial charge is 0.328 e. The molecule has 29 heavy (non-hydrogen) atoms. The largest absolute Gasteiger partial charge is 0.480 e. The molecule has 0 aliphatic carbocycles. The van der Waals surface area contributed by atoms with Crippen molar-refractivity contribution in [2.45, 2.75) is 33.4 Å². The Morgan fingerprint density at radius 1 is 1.24 bits per heavy atom. The number of rotatable bonds is 6. The molecule has 2 N–H and O–H groups in total. The van der Waals surface area contributed by atoms with Crippen LogP contribution in [-0.4, -0.2) is 36.5 Å². The van der Waals surface area contributed by atoms with Crippen LogP contribution < -0.4 is 5.32 Å². The number of aryl methyl sites for hydroxylation is 1. The first kappa shape index (κ1) is 20.9. The zero-order valence-corrected chi connectivity index (χ0v) is 17.5. The van der Waals surface area contributed by atoms with Crippen LogP contribution in [0.3, 0.4) is 0 Å². The molecule has 1 aromatic carbocycles. The average Bonchev–Trinajstić information content (AvgIpc) is 3.25. The third-order valence-electron chi connectivity index (χ3n) is 4.61. The second kappa shape index (κ2) is 8.26. The van der Waals surface area contributed by atoms with E-state index in [1.54, 1.807) is 29.8 Å². The molecule has 0 radical (unpaired) electrons. The van der Waals surface area contributed by atoms with Crippen molar-refractivity contribution in [3.05, 3.63) is 63.2 Å². The van der Waals surface area contributed by atoms with Crippen LogP contribution in [0, 0.1) is 13.8 Å². The predicted octanol–water partition coefficient (Wildman–Crippen LogP) is 3.95. The number of hydrogen-bond acceptors (Lipinski definition) is 4. The second-order valence-electron chi connectivity index (χ2n) is 6.58. The Balaban J connectivity index is 1.82. The number of benzene rings is 1. The van der Waals surface area contributed by atoms with Crippen molar-refractivity contribution >= 4 is 40.8 Å². The predicted molar refractivity (Wildman–Crippen MR) is 110 cm³/mol. The van der Waals surface area contributed by atoms with Gasteiger partial charge >= 0.3 is 5.97 Å². The van der Waals surface area contributed by atoms with Crippen molar-refractivity contribution in [2.24, 2.45) is 0 Å². The fourth-order valence-corrected chi connectivity index (χ4v) is 3.35. The minimum atomic E-state index is -1.04. The molecule has 0 saturated carbocycles. The molecule has 1 atom stereocenters. The Morgan fingerprint density at radius 3 is 2.52 bits per heavy atom.